The van der Waals surface area contributed by atoms with E-state index >= 15 is 0 Å². The standard InChI is InChI=1S/C37H36N6O3S/c1-20(39-19-36-15-23-13-22-14-24(16-36)37(22,23)36)27(17-38)25-9-10-31(41-32(25)34(45)46)43-12-11-21-5-4-6-26(28(21)18-43)33(44)42-35-40-29-7-2-3-8-30(29)47-35/h2-10,17,22-24H,11-16,18-19,38H2,1H3,(H,45,46)(H,40,42,44). The number of benzene rings is 2. The number of aliphatic imine (C=N–C) groups is 1. The molecule has 2 atom stereocenters. The molecule has 4 saturated carbocycles. The van der Waals surface area contributed by atoms with Crippen LogP contribution in [0.15, 0.2) is 65.8 Å². The molecule has 0 bridgehead atoms. The number of nitrogens with one attached hydrogen (secondary N) is 1. The SMILES string of the molecule is CC(=NCC12CC3CC4CC(C1)C432)C(=CN)c1ccc(N2CCc3cccc(C(=O)Nc4nc5ccccc5s4)c3C2)nc1C(=O)O. The predicted octanol–water partition coefficient (Wildman–Crippen LogP) is 6.40. The van der Waals surface area contributed by atoms with Gasteiger partial charge in [-0.25, -0.2) is 14.8 Å². The molecule has 2 aromatic heterocycles. The first-order chi connectivity index (χ1) is 22.8. The van der Waals surface area contributed by atoms with Crippen LogP contribution in [-0.2, 0) is 13.0 Å². The van der Waals surface area contributed by atoms with E-state index in [1.165, 1.54) is 43.2 Å². The average Bonchev–Trinajstić information content (AvgIpc) is 3.45. The first kappa shape index (κ1) is 28.6. The van der Waals surface area contributed by atoms with E-state index in [0.29, 0.717) is 58.0 Å². The maximum absolute atomic E-state index is 13.5. The van der Waals surface area contributed by atoms with Crippen LogP contribution in [-0.4, -0.2) is 45.8 Å². The molecule has 4 aromatic rings. The lowest BCUT2D eigenvalue weighted by atomic mass is 9.13. The number of carboxylic acid groups (broad SMARTS) is 1. The predicted molar refractivity (Wildman–Crippen MR) is 184 cm³/mol. The molecule has 2 aromatic carbocycles. The highest BCUT2D eigenvalue weighted by Gasteiger charge is 2.87. The number of carboxylic acids is 1. The molecule has 10 heteroatoms. The van der Waals surface area contributed by atoms with Gasteiger partial charge in [0.05, 0.1) is 10.2 Å². The Morgan fingerprint density at radius 2 is 1.87 bits per heavy atom. The summed E-state index contributed by atoms with van der Waals surface area (Å²) in [5, 5.41) is 13.8. The van der Waals surface area contributed by atoms with E-state index in [-0.39, 0.29) is 11.6 Å². The molecule has 0 saturated heterocycles. The number of nitrogens with two attached hydrogens (primary N) is 1. The summed E-state index contributed by atoms with van der Waals surface area (Å²) in [6.07, 6.45) is 7.58. The van der Waals surface area contributed by atoms with Gasteiger partial charge >= 0.3 is 5.97 Å². The van der Waals surface area contributed by atoms with Crippen molar-refractivity contribution in [1.82, 2.24) is 9.97 Å². The summed E-state index contributed by atoms with van der Waals surface area (Å²) in [7, 11) is 0. The van der Waals surface area contributed by atoms with Crippen molar-refractivity contribution >= 4 is 55.7 Å². The van der Waals surface area contributed by atoms with Crippen molar-refractivity contribution in [3.8, 4) is 0 Å². The number of aromatic nitrogens is 2. The number of fused-ring (bicyclic) bond motifs is 2. The lowest BCUT2D eigenvalue weighted by molar-refractivity contribution is -0.427. The highest BCUT2D eigenvalue weighted by molar-refractivity contribution is 7.22. The number of thiazole rings is 1. The maximum Gasteiger partial charge on any atom is 0.355 e. The van der Waals surface area contributed by atoms with Crippen molar-refractivity contribution in [2.45, 2.75) is 45.6 Å². The second-order valence-corrected chi connectivity index (χ2v) is 15.1. The fourth-order valence-corrected chi connectivity index (χ4v) is 11.1. The van der Waals surface area contributed by atoms with E-state index < -0.39 is 5.97 Å². The van der Waals surface area contributed by atoms with E-state index in [0.717, 1.165) is 51.4 Å². The van der Waals surface area contributed by atoms with Crippen molar-refractivity contribution in [1.29, 1.82) is 0 Å². The minimum absolute atomic E-state index is 0.0522. The van der Waals surface area contributed by atoms with Crippen LogP contribution in [0.25, 0.3) is 15.8 Å². The maximum atomic E-state index is 13.5. The Hall–Kier alpha value is -4.57. The van der Waals surface area contributed by atoms with Crippen molar-refractivity contribution in [3.05, 3.63) is 88.7 Å². The molecular formula is C37H36N6O3S. The molecule has 9 nitrogen and oxygen atoms in total. The minimum Gasteiger partial charge on any atom is -0.476 e. The first-order valence-corrected chi connectivity index (χ1v) is 17.3. The van der Waals surface area contributed by atoms with Crippen LogP contribution in [0.2, 0.25) is 0 Å². The third-order valence-electron chi connectivity index (χ3n) is 12.3. The Labute approximate surface area is 276 Å². The van der Waals surface area contributed by atoms with Crippen molar-refractivity contribution in [2.24, 2.45) is 39.3 Å². The molecule has 1 amide bonds. The summed E-state index contributed by atoms with van der Waals surface area (Å²) in [5.74, 6) is 1.96. The van der Waals surface area contributed by atoms with E-state index in [2.05, 4.69) is 15.3 Å². The summed E-state index contributed by atoms with van der Waals surface area (Å²) >= 11 is 1.44. The smallest absolute Gasteiger partial charge is 0.355 e. The zero-order valence-electron chi connectivity index (χ0n) is 26.2. The number of hydrogen-bond acceptors (Lipinski definition) is 8. The first-order valence-electron chi connectivity index (χ1n) is 16.5. The van der Waals surface area contributed by atoms with Gasteiger partial charge in [-0.1, -0.05) is 35.6 Å². The fraction of sp³-hybridized carbons (Fsp3) is 0.378. The Kier molecular flexibility index (Phi) is 6.22. The summed E-state index contributed by atoms with van der Waals surface area (Å²) < 4.78 is 1.01. The number of nitrogens with zero attached hydrogens (tertiary/aromatic N) is 4. The zero-order valence-corrected chi connectivity index (χ0v) is 27.0. The molecule has 5 aliphatic rings. The second kappa shape index (κ2) is 10.2. The molecule has 9 rings (SSSR count). The van der Waals surface area contributed by atoms with Crippen LogP contribution in [0.1, 0.15) is 70.1 Å². The average molecular weight is 645 g/mol. The summed E-state index contributed by atoms with van der Waals surface area (Å²) in [6.45, 7) is 3.81. The van der Waals surface area contributed by atoms with Crippen molar-refractivity contribution in [2.75, 3.05) is 23.3 Å². The largest absolute Gasteiger partial charge is 0.476 e. The van der Waals surface area contributed by atoms with Gasteiger partial charge in [-0.05, 0) is 109 Å². The molecule has 3 heterocycles. The number of rotatable bonds is 8. The van der Waals surface area contributed by atoms with Gasteiger partial charge < -0.3 is 15.7 Å². The van der Waals surface area contributed by atoms with Gasteiger partial charge in [-0.2, -0.15) is 0 Å². The number of allylic oxidation sites excluding steroid dienone is 1. The molecule has 47 heavy (non-hydrogen) atoms. The van der Waals surface area contributed by atoms with Gasteiger partial charge in [-0.3, -0.25) is 15.1 Å². The number of anilines is 2. The topological polar surface area (TPSA) is 134 Å². The molecule has 2 unspecified atom stereocenters. The van der Waals surface area contributed by atoms with Crippen LogP contribution < -0.4 is 16.0 Å². The number of hydrogen-bond donors (Lipinski definition) is 3. The number of para-hydroxylation sites is 1. The van der Waals surface area contributed by atoms with E-state index in [1.807, 2.05) is 60.4 Å². The van der Waals surface area contributed by atoms with Crippen LogP contribution >= 0.6 is 11.3 Å². The lowest BCUT2D eigenvalue weighted by Gasteiger charge is -2.91. The number of carbonyl (C=O) groups excluding carboxylic acids is 1. The molecular weight excluding hydrogens is 609 g/mol. The van der Waals surface area contributed by atoms with Gasteiger partial charge in [0, 0.05) is 48.2 Å². The summed E-state index contributed by atoms with van der Waals surface area (Å²) in [5.41, 5.74) is 12.3. The van der Waals surface area contributed by atoms with Crippen molar-refractivity contribution in [3.63, 3.8) is 0 Å². The quantitative estimate of drug-likeness (QED) is 0.189. The third-order valence-corrected chi connectivity index (χ3v) is 13.2. The highest BCUT2D eigenvalue weighted by atomic mass is 32.1. The van der Waals surface area contributed by atoms with Gasteiger partial charge in [-0.15, -0.1) is 0 Å². The number of pyridine rings is 1. The monoisotopic (exact) mass is 644 g/mol. The van der Waals surface area contributed by atoms with Crippen LogP contribution in [0.4, 0.5) is 10.9 Å². The highest BCUT2D eigenvalue weighted by Crippen LogP contribution is 2.92. The molecule has 4 N–H and O–H groups in total. The Morgan fingerprint density at radius 3 is 2.60 bits per heavy atom. The summed E-state index contributed by atoms with van der Waals surface area (Å²) in [6, 6.07) is 17.2. The lowest BCUT2D eigenvalue weighted by Crippen LogP contribution is -2.86. The number of aromatic carboxylic acids is 1. The number of amides is 1. The fourth-order valence-electron chi connectivity index (χ4n) is 10.3. The molecule has 1 aliphatic heterocycles. The number of carbonyl (C=O) groups is 2. The Balaban J connectivity index is 0.954. The van der Waals surface area contributed by atoms with E-state index in [1.54, 1.807) is 6.07 Å². The molecule has 1 spiro atoms. The molecule has 4 aliphatic carbocycles. The molecule has 238 valence electrons. The zero-order chi connectivity index (χ0) is 32.1. The van der Waals surface area contributed by atoms with Crippen LogP contribution in [0.5, 0.6) is 0 Å². The minimum atomic E-state index is -1.12. The molecule has 4 fully saturated rings. The van der Waals surface area contributed by atoms with E-state index in [4.69, 9.17) is 10.7 Å². The molecule has 0 radical (unpaired) electrons. The van der Waals surface area contributed by atoms with E-state index in [9.17, 15) is 14.7 Å². The van der Waals surface area contributed by atoms with Gasteiger partial charge in [0.2, 0.25) is 0 Å². The van der Waals surface area contributed by atoms with Gasteiger partial charge in [0.25, 0.3) is 5.91 Å². The Morgan fingerprint density at radius 1 is 1.06 bits per heavy atom. The van der Waals surface area contributed by atoms with Crippen molar-refractivity contribution < 1.29 is 14.7 Å². The normalized spacial score (nSPS) is 28.5. The van der Waals surface area contributed by atoms with Crippen LogP contribution in [0.3, 0.4) is 0 Å². The van der Waals surface area contributed by atoms with Gasteiger partial charge in [0.15, 0.2) is 10.8 Å². The second-order valence-electron chi connectivity index (χ2n) is 14.1. The summed E-state index contributed by atoms with van der Waals surface area (Å²) in [4.78, 5) is 42.4. The van der Waals surface area contributed by atoms with Crippen LogP contribution in [0, 0.1) is 28.6 Å². The third kappa shape index (κ3) is 3.97. The van der Waals surface area contributed by atoms with Gasteiger partial charge in [0.1, 0.15) is 5.82 Å². The Bertz CT molecular complexity index is 2010.